The fourth-order valence-corrected chi connectivity index (χ4v) is 2.60. The molecule has 0 aliphatic carbocycles. The van der Waals surface area contributed by atoms with Crippen LogP contribution in [0.3, 0.4) is 0 Å². The van der Waals surface area contributed by atoms with Gasteiger partial charge in [-0.25, -0.2) is 0 Å². The van der Waals surface area contributed by atoms with Gasteiger partial charge in [-0.3, -0.25) is 0 Å². The summed E-state index contributed by atoms with van der Waals surface area (Å²) >= 11 is 0. The molecule has 1 fully saturated rings. The van der Waals surface area contributed by atoms with Crippen molar-refractivity contribution in [2.24, 2.45) is 5.92 Å². The smallest absolute Gasteiger partial charge is 0.146 e. The van der Waals surface area contributed by atoms with Crippen molar-refractivity contribution in [3.8, 4) is 0 Å². The van der Waals surface area contributed by atoms with Crippen molar-refractivity contribution >= 4 is 6.29 Å². The standard InChI is InChI=1S/C15H28O5/c1-12-4-5-13(7-9-19-11-17-2)20-15(12)10-14(18-3)6-8-16/h8,12-15H,4-7,9-11H2,1-3H3/t12-,13-,14-,15+/m0/s1. The van der Waals surface area contributed by atoms with E-state index >= 15 is 0 Å². The Kier molecular flexibility index (Phi) is 9.02. The quantitative estimate of drug-likeness (QED) is 0.350. The molecule has 0 unspecified atom stereocenters. The van der Waals surface area contributed by atoms with Crippen LogP contribution in [0.5, 0.6) is 0 Å². The second-order valence-electron chi connectivity index (χ2n) is 5.45. The Morgan fingerprint density at radius 3 is 2.80 bits per heavy atom. The Labute approximate surface area is 121 Å². The van der Waals surface area contributed by atoms with E-state index in [9.17, 15) is 4.79 Å². The molecule has 0 amide bonds. The predicted octanol–water partition coefficient (Wildman–Crippen LogP) is 2.17. The molecule has 5 nitrogen and oxygen atoms in total. The van der Waals surface area contributed by atoms with Crippen molar-refractivity contribution in [2.45, 2.75) is 57.3 Å². The highest BCUT2D eigenvalue weighted by molar-refractivity contribution is 5.50. The number of rotatable bonds is 10. The molecule has 1 heterocycles. The zero-order chi connectivity index (χ0) is 14.8. The van der Waals surface area contributed by atoms with E-state index in [1.54, 1.807) is 14.2 Å². The highest BCUT2D eigenvalue weighted by Crippen LogP contribution is 2.29. The lowest BCUT2D eigenvalue weighted by molar-refractivity contribution is -0.119. The SMILES string of the molecule is COCOCC[C@@H]1CC[C@H](C)[C@@H](C[C@H](CC=O)OC)O1. The topological polar surface area (TPSA) is 54.0 Å². The van der Waals surface area contributed by atoms with Gasteiger partial charge in [0.25, 0.3) is 0 Å². The van der Waals surface area contributed by atoms with Crippen LogP contribution < -0.4 is 0 Å². The molecule has 0 bridgehead atoms. The van der Waals surface area contributed by atoms with Crippen LogP contribution in [0.4, 0.5) is 0 Å². The lowest BCUT2D eigenvalue weighted by Crippen LogP contribution is -2.37. The van der Waals surface area contributed by atoms with Crippen molar-refractivity contribution in [3.05, 3.63) is 0 Å². The van der Waals surface area contributed by atoms with Gasteiger partial charge in [0.2, 0.25) is 0 Å². The van der Waals surface area contributed by atoms with Crippen LogP contribution in [0, 0.1) is 5.92 Å². The van der Waals surface area contributed by atoms with Gasteiger partial charge in [-0.05, 0) is 25.2 Å². The molecule has 0 aromatic rings. The maximum absolute atomic E-state index is 10.6. The number of methoxy groups -OCH3 is 2. The fraction of sp³-hybridized carbons (Fsp3) is 0.933. The molecular formula is C15H28O5. The normalized spacial score (nSPS) is 28.2. The Balaban J connectivity index is 2.34. The highest BCUT2D eigenvalue weighted by atomic mass is 16.7. The number of hydrogen-bond donors (Lipinski definition) is 0. The van der Waals surface area contributed by atoms with E-state index in [0.29, 0.717) is 25.7 Å². The lowest BCUT2D eigenvalue weighted by atomic mass is 9.89. The third kappa shape index (κ3) is 6.31. The van der Waals surface area contributed by atoms with Gasteiger partial charge in [0.05, 0.1) is 24.9 Å². The molecule has 0 spiro atoms. The average Bonchev–Trinajstić information content (AvgIpc) is 2.46. The maximum atomic E-state index is 10.6. The molecule has 1 saturated heterocycles. The molecule has 20 heavy (non-hydrogen) atoms. The van der Waals surface area contributed by atoms with E-state index in [2.05, 4.69) is 6.92 Å². The summed E-state index contributed by atoms with van der Waals surface area (Å²) in [5, 5.41) is 0. The third-order valence-electron chi connectivity index (χ3n) is 3.92. The average molecular weight is 288 g/mol. The summed E-state index contributed by atoms with van der Waals surface area (Å²) in [5.41, 5.74) is 0. The molecule has 4 atom stereocenters. The van der Waals surface area contributed by atoms with Gasteiger partial charge in [-0.15, -0.1) is 0 Å². The first kappa shape index (κ1) is 17.6. The van der Waals surface area contributed by atoms with Gasteiger partial charge in [-0.2, -0.15) is 0 Å². The van der Waals surface area contributed by atoms with E-state index in [1.165, 1.54) is 0 Å². The number of carbonyl (C=O) groups excluding carboxylic acids is 1. The van der Waals surface area contributed by atoms with Crippen LogP contribution in [-0.2, 0) is 23.7 Å². The zero-order valence-corrected chi connectivity index (χ0v) is 12.9. The van der Waals surface area contributed by atoms with Crippen LogP contribution in [-0.4, -0.2) is 52.2 Å². The van der Waals surface area contributed by atoms with Crippen LogP contribution in [0.15, 0.2) is 0 Å². The summed E-state index contributed by atoms with van der Waals surface area (Å²) in [6.45, 7) is 3.19. The summed E-state index contributed by atoms with van der Waals surface area (Å²) < 4.78 is 21.6. The van der Waals surface area contributed by atoms with Gasteiger partial charge in [-0.1, -0.05) is 6.92 Å². The van der Waals surface area contributed by atoms with Gasteiger partial charge < -0.3 is 23.7 Å². The van der Waals surface area contributed by atoms with Crippen molar-refractivity contribution in [3.63, 3.8) is 0 Å². The summed E-state index contributed by atoms with van der Waals surface area (Å²) in [6, 6.07) is 0. The van der Waals surface area contributed by atoms with Crippen LogP contribution in [0.25, 0.3) is 0 Å². The molecule has 0 N–H and O–H groups in total. The Hall–Kier alpha value is -0.490. The molecule has 1 aliphatic rings. The Morgan fingerprint density at radius 1 is 1.35 bits per heavy atom. The Bertz CT molecular complexity index is 259. The molecule has 0 aromatic carbocycles. The molecule has 1 aliphatic heterocycles. The van der Waals surface area contributed by atoms with E-state index in [1.807, 2.05) is 0 Å². The molecule has 1 rings (SSSR count). The first-order valence-corrected chi connectivity index (χ1v) is 7.39. The number of hydrogen-bond acceptors (Lipinski definition) is 5. The molecule has 0 radical (unpaired) electrons. The summed E-state index contributed by atoms with van der Waals surface area (Å²) in [5.74, 6) is 0.510. The van der Waals surface area contributed by atoms with Crippen LogP contribution in [0.1, 0.15) is 39.0 Å². The first-order valence-electron chi connectivity index (χ1n) is 7.39. The van der Waals surface area contributed by atoms with E-state index in [0.717, 1.165) is 32.0 Å². The van der Waals surface area contributed by atoms with Crippen molar-refractivity contribution in [1.29, 1.82) is 0 Å². The second-order valence-corrected chi connectivity index (χ2v) is 5.45. The van der Waals surface area contributed by atoms with Crippen LogP contribution in [0.2, 0.25) is 0 Å². The minimum atomic E-state index is -0.0385. The largest absolute Gasteiger partial charge is 0.381 e. The molecule has 0 aromatic heterocycles. The number of ether oxygens (including phenoxy) is 4. The minimum absolute atomic E-state index is 0.0385. The van der Waals surface area contributed by atoms with Crippen molar-refractivity contribution in [2.75, 3.05) is 27.6 Å². The van der Waals surface area contributed by atoms with E-state index in [-0.39, 0.29) is 18.3 Å². The predicted molar refractivity (Wildman–Crippen MR) is 75.6 cm³/mol. The lowest BCUT2D eigenvalue weighted by Gasteiger charge is -2.36. The summed E-state index contributed by atoms with van der Waals surface area (Å²) in [4.78, 5) is 10.6. The number of carbonyl (C=O) groups is 1. The highest BCUT2D eigenvalue weighted by Gasteiger charge is 2.30. The zero-order valence-electron chi connectivity index (χ0n) is 12.9. The third-order valence-corrected chi connectivity index (χ3v) is 3.92. The minimum Gasteiger partial charge on any atom is -0.381 e. The van der Waals surface area contributed by atoms with Gasteiger partial charge in [0, 0.05) is 27.1 Å². The Morgan fingerprint density at radius 2 is 2.15 bits per heavy atom. The molecule has 5 heteroatoms. The fourth-order valence-electron chi connectivity index (χ4n) is 2.60. The van der Waals surface area contributed by atoms with Crippen LogP contribution >= 0.6 is 0 Å². The van der Waals surface area contributed by atoms with Gasteiger partial charge >= 0.3 is 0 Å². The molecular weight excluding hydrogens is 260 g/mol. The molecule has 0 saturated carbocycles. The van der Waals surface area contributed by atoms with Gasteiger partial charge in [0.15, 0.2) is 0 Å². The first-order chi connectivity index (χ1) is 9.71. The summed E-state index contributed by atoms with van der Waals surface area (Å²) in [6.07, 6.45) is 5.61. The maximum Gasteiger partial charge on any atom is 0.146 e. The van der Waals surface area contributed by atoms with Gasteiger partial charge in [0.1, 0.15) is 13.1 Å². The molecule has 118 valence electrons. The van der Waals surface area contributed by atoms with E-state index in [4.69, 9.17) is 18.9 Å². The van der Waals surface area contributed by atoms with E-state index < -0.39 is 0 Å². The summed E-state index contributed by atoms with van der Waals surface area (Å²) in [7, 11) is 3.27. The van der Waals surface area contributed by atoms with Crippen molar-refractivity contribution < 1.29 is 23.7 Å². The second kappa shape index (κ2) is 10.3. The van der Waals surface area contributed by atoms with Crippen molar-refractivity contribution in [1.82, 2.24) is 0 Å². The number of aldehydes is 1. The monoisotopic (exact) mass is 288 g/mol.